The van der Waals surface area contributed by atoms with Gasteiger partial charge in [-0.1, -0.05) is 63.9 Å². The second-order valence-electron chi connectivity index (χ2n) is 7.49. The third-order valence-electron chi connectivity index (χ3n) is 5.32. The number of nitrogens with zero attached hydrogens (tertiary/aromatic N) is 5. The van der Waals surface area contributed by atoms with Gasteiger partial charge in [-0.3, -0.25) is 15.2 Å². The van der Waals surface area contributed by atoms with Gasteiger partial charge in [-0.2, -0.15) is 5.10 Å². The van der Waals surface area contributed by atoms with Crippen LogP contribution in [0.15, 0.2) is 89.8 Å². The summed E-state index contributed by atoms with van der Waals surface area (Å²) in [6, 6.07) is 20.9. The van der Waals surface area contributed by atoms with E-state index in [9.17, 15) is 4.79 Å². The second kappa shape index (κ2) is 9.24. The first kappa shape index (κ1) is 22.1. The average Bonchev–Trinajstić information content (AvgIpc) is 3.29. The van der Waals surface area contributed by atoms with Gasteiger partial charge in [0.1, 0.15) is 11.4 Å². The van der Waals surface area contributed by atoms with Crippen LogP contribution >= 0.6 is 27.5 Å². The Labute approximate surface area is 209 Å². The van der Waals surface area contributed by atoms with Crippen LogP contribution in [0.5, 0.6) is 0 Å². The first-order chi connectivity index (χ1) is 16.5. The molecular formula is C25H18BrClN6O. The molecular weight excluding hydrogens is 516 g/mol. The molecule has 0 aliphatic carbocycles. The number of anilines is 1. The summed E-state index contributed by atoms with van der Waals surface area (Å²) >= 11 is 9.78. The lowest BCUT2D eigenvalue weighted by Crippen LogP contribution is -2.39. The van der Waals surface area contributed by atoms with Gasteiger partial charge in [0.25, 0.3) is 5.91 Å². The quantitative estimate of drug-likeness (QED) is 0.295. The van der Waals surface area contributed by atoms with Crippen molar-refractivity contribution in [2.45, 2.75) is 0 Å². The molecule has 5 aromatic rings. The number of hydrogen-bond donors (Lipinski definition) is 1. The molecule has 5 rings (SSSR count). The summed E-state index contributed by atoms with van der Waals surface area (Å²) in [6.07, 6.45) is 4.95. The van der Waals surface area contributed by atoms with E-state index < -0.39 is 0 Å². The van der Waals surface area contributed by atoms with Crippen LogP contribution in [0.3, 0.4) is 0 Å². The van der Waals surface area contributed by atoms with Gasteiger partial charge in [0.15, 0.2) is 5.65 Å². The third-order valence-corrected chi connectivity index (χ3v) is 6.26. The molecule has 0 radical (unpaired) electrons. The molecule has 0 spiro atoms. The normalized spacial score (nSPS) is 10.9. The summed E-state index contributed by atoms with van der Waals surface area (Å²) in [7, 11) is 1.73. The molecule has 1 N–H and O–H groups in total. The van der Waals surface area contributed by atoms with Crippen LogP contribution in [0.1, 0.15) is 10.4 Å². The summed E-state index contributed by atoms with van der Waals surface area (Å²) in [5, 5.41) is 6.74. The van der Waals surface area contributed by atoms with E-state index in [1.165, 1.54) is 6.20 Å². The largest absolute Gasteiger partial charge is 0.275 e. The van der Waals surface area contributed by atoms with Crippen LogP contribution in [0, 0.1) is 0 Å². The van der Waals surface area contributed by atoms with Gasteiger partial charge in [-0.25, -0.2) is 14.5 Å². The van der Waals surface area contributed by atoms with E-state index in [-0.39, 0.29) is 5.91 Å². The van der Waals surface area contributed by atoms with Gasteiger partial charge in [0, 0.05) is 40.1 Å². The van der Waals surface area contributed by atoms with Gasteiger partial charge >= 0.3 is 0 Å². The highest BCUT2D eigenvalue weighted by molar-refractivity contribution is 9.10. The Morgan fingerprint density at radius 1 is 0.971 bits per heavy atom. The fourth-order valence-electron chi connectivity index (χ4n) is 3.68. The van der Waals surface area contributed by atoms with Gasteiger partial charge in [-0.15, -0.1) is 0 Å². The number of carbonyl (C=O) groups is 1. The van der Waals surface area contributed by atoms with E-state index in [2.05, 4.69) is 36.4 Å². The maximum atomic E-state index is 13.1. The first-order valence-corrected chi connectivity index (χ1v) is 11.5. The number of halogens is 2. The number of amides is 1. The monoisotopic (exact) mass is 532 g/mol. The van der Waals surface area contributed by atoms with Crippen LogP contribution < -0.4 is 10.4 Å². The topological polar surface area (TPSA) is 75.4 Å². The van der Waals surface area contributed by atoms with Crippen molar-refractivity contribution in [2.75, 3.05) is 12.1 Å². The molecule has 7 nitrogen and oxygen atoms in total. The number of aromatic nitrogens is 4. The number of hydrazine groups is 1. The molecule has 3 heterocycles. The number of carbonyl (C=O) groups excluding carboxylic acids is 1. The van der Waals surface area contributed by atoms with Gasteiger partial charge in [0.05, 0.1) is 11.9 Å². The van der Waals surface area contributed by atoms with Gasteiger partial charge in [0.2, 0.25) is 0 Å². The summed E-state index contributed by atoms with van der Waals surface area (Å²) in [5.41, 5.74) is 7.12. The van der Waals surface area contributed by atoms with Crippen LogP contribution in [-0.2, 0) is 0 Å². The zero-order chi connectivity index (χ0) is 23.7. The van der Waals surface area contributed by atoms with Gasteiger partial charge < -0.3 is 0 Å². The number of hydrogen-bond acceptors (Lipinski definition) is 5. The van der Waals surface area contributed by atoms with Crippen molar-refractivity contribution in [3.63, 3.8) is 0 Å². The molecule has 1 amide bonds. The van der Waals surface area contributed by atoms with E-state index >= 15 is 0 Å². The number of pyridine rings is 1. The molecule has 2 aromatic carbocycles. The highest BCUT2D eigenvalue weighted by Crippen LogP contribution is 2.36. The van der Waals surface area contributed by atoms with E-state index in [4.69, 9.17) is 11.6 Å². The molecule has 34 heavy (non-hydrogen) atoms. The lowest BCUT2D eigenvalue weighted by Gasteiger charge is -2.18. The highest BCUT2D eigenvalue weighted by atomic mass is 79.9. The van der Waals surface area contributed by atoms with Crippen LogP contribution in [0.25, 0.3) is 28.0 Å². The molecule has 0 saturated heterocycles. The van der Waals surface area contributed by atoms with E-state index in [0.29, 0.717) is 22.1 Å². The average molecular weight is 534 g/mol. The fourth-order valence-corrected chi connectivity index (χ4v) is 4.30. The lowest BCUT2D eigenvalue weighted by molar-refractivity contribution is 0.0952. The molecule has 0 atom stereocenters. The molecule has 168 valence electrons. The summed E-state index contributed by atoms with van der Waals surface area (Å²) in [6.45, 7) is 0. The minimum atomic E-state index is -0.341. The zero-order valence-electron chi connectivity index (χ0n) is 18.0. The Morgan fingerprint density at radius 3 is 2.47 bits per heavy atom. The molecule has 0 aliphatic rings. The molecule has 0 bridgehead atoms. The number of benzene rings is 2. The number of fused-ring (bicyclic) bond motifs is 1. The lowest BCUT2D eigenvalue weighted by atomic mass is 10.0. The predicted molar refractivity (Wildman–Crippen MR) is 137 cm³/mol. The Kier molecular flexibility index (Phi) is 6.00. The van der Waals surface area contributed by atoms with E-state index in [1.807, 2.05) is 60.7 Å². The molecule has 0 fully saturated rings. The standard InChI is InChI=1S/C25H18BrClN6O/c1-32(22-8-4-5-13-28-22)31-25(34)20-15-30-33-23(16-9-11-17(27)12-10-16)19(14-29-24(20)33)18-6-2-3-7-21(18)26/h2-15H,1H3,(H,31,34). The Balaban J connectivity index is 1.63. The summed E-state index contributed by atoms with van der Waals surface area (Å²) in [5.74, 6) is 0.268. The minimum Gasteiger partial charge on any atom is -0.271 e. The SMILES string of the molecule is CN(NC(=O)c1cnn2c(-c3ccc(Cl)cc3)c(-c3ccccc3Br)cnc12)c1ccccn1. The Hall–Kier alpha value is -3.75. The first-order valence-electron chi connectivity index (χ1n) is 10.4. The van der Waals surface area contributed by atoms with Crippen LogP contribution in [-0.4, -0.2) is 32.5 Å². The molecule has 9 heteroatoms. The molecule has 0 saturated carbocycles. The fraction of sp³-hybridized carbons (Fsp3) is 0.0400. The van der Waals surface area contributed by atoms with E-state index in [0.717, 1.165) is 26.9 Å². The Bertz CT molecular complexity index is 1490. The van der Waals surface area contributed by atoms with Crippen molar-refractivity contribution in [1.82, 2.24) is 25.0 Å². The van der Waals surface area contributed by atoms with Crippen LogP contribution in [0.2, 0.25) is 5.02 Å². The summed E-state index contributed by atoms with van der Waals surface area (Å²) < 4.78 is 2.61. The summed E-state index contributed by atoms with van der Waals surface area (Å²) in [4.78, 5) is 22.0. The third kappa shape index (κ3) is 4.13. The van der Waals surface area contributed by atoms with Crippen LogP contribution in [0.4, 0.5) is 5.82 Å². The zero-order valence-corrected chi connectivity index (χ0v) is 20.3. The van der Waals surface area contributed by atoms with E-state index in [1.54, 1.807) is 35.0 Å². The van der Waals surface area contributed by atoms with Crippen molar-refractivity contribution < 1.29 is 4.79 Å². The smallest absolute Gasteiger partial charge is 0.271 e. The van der Waals surface area contributed by atoms with Crippen molar-refractivity contribution in [3.8, 4) is 22.4 Å². The maximum Gasteiger partial charge on any atom is 0.275 e. The number of nitrogens with one attached hydrogen (secondary N) is 1. The van der Waals surface area contributed by atoms with Gasteiger partial charge in [-0.05, 0) is 35.9 Å². The van der Waals surface area contributed by atoms with Crippen molar-refractivity contribution >= 4 is 44.9 Å². The molecule has 0 aliphatic heterocycles. The minimum absolute atomic E-state index is 0.341. The Morgan fingerprint density at radius 2 is 1.74 bits per heavy atom. The molecule has 0 unspecified atom stereocenters. The van der Waals surface area contributed by atoms with Crippen molar-refractivity contribution in [3.05, 3.63) is 100 Å². The maximum absolute atomic E-state index is 13.1. The van der Waals surface area contributed by atoms with Crippen molar-refractivity contribution in [1.29, 1.82) is 0 Å². The second-order valence-corrected chi connectivity index (χ2v) is 8.78. The molecule has 3 aromatic heterocycles. The predicted octanol–water partition coefficient (Wildman–Crippen LogP) is 5.66. The number of rotatable bonds is 5. The highest BCUT2D eigenvalue weighted by Gasteiger charge is 2.21. The van der Waals surface area contributed by atoms with Crippen molar-refractivity contribution in [2.24, 2.45) is 0 Å².